The Morgan fingerprint density at radius 2 is 2.00 bits per heavy atom. The summed E-state index contributed by atoms with van der Waals surface area (Å²) < 4.78 is 5.11. The van der Waals surface area contributed by atoms with E-state index in [1.807, 2.05) is 36.4 Å². The molecule has 1 amide bonds. The molecule has 4 nitrogen and oxygen atoms in total. The van der Waals surface area contributed by atoms with E-state index in [1.165, 1.54) is 0 Å². The Bertz CT molecular complexity index is 617. The van der Waals surface area contributed by atoms with Crippen molar-refractivity contribution < 1.29 is 9.53 Å². The van der Waals surface area contributed by atoms with E-state index in [0.29, 0.717) is 23.7 Å². The number of hydrogen-bond donors (Lipinski definition) is 2. The summed E-state index contributed by atoms with van der Waals surface area (Å²) in [6.07, 6.45) is 0.350. The van der Waals surface area contributed by atoms with Crippen molar-refractivity contribution in [3.05, 3.63) is 53.6 Å². The van der Waals surface area contributed by atoms with E-state index >= 15 is 0 Å². The Hall–Kier alpha value is -2.20. The molecule has 0 atom stereocenters. The average Bonchev–Trinajstić information content (AvgIpc) is 2.49. The van der Waals surface area contributed by atoms with Crippen LogP contribution in [0.2, 0.25) is 5.02 Å². The fraction of sp³-hybridized carbons (Fsp3) is 0.188. The number of methoxy groups -OCH3 is 1. The van der Waals surface area contributed by atoms with E-state index in [9.17, 15) is 4.79 Å². The summed E-state index contributed by atoms with van der Waals surface area (Å²) in [6, 6.07) is 14.7. The van der Waals surface area contributed by atoms with Gasteiger partial charge in [0.1, 0.15) is 5.75 Å². The van der Waals surface area contributed by atoms with E-state index in [2.05, 4.69) is 10.6 Å². The van der Waals surface area contributed by atoms with Gasteiger partial charge in [0.2, 0.25) is 5.91 Å². The van der Waals surface area contributed by atoms with E-state index in [1.54, 1.807) is 19.2 Å². The second kappa shape index (κ2) is 7.55. The van der Waals surface area contributed by atoms with E-state index < -0.39 is 0 Å². The highest BCUT2D eigenvalue weighted by atomic mass is 35.5. The number of benzene rings is 2. The molecule has 21 heavy (non-hydrogen) atoms. The van der Waals surface area contributed by atoms with Gasteiger partial charge in [-0.25, -0.2) is 0 Å². The van der Waals surface area contributed by atoms with Crippen molar-refractivity contribution in [1.82, 2.24) is 0 Å². The predicted molar refractivity (Wildman–Crippen MR) is 86.2 cm³/mol. The smallest absolute Gasteiger partial charge is 0.226 e. The van der Waals surface area contributed by atoms with Gasteiger partial charge in [0, 0.05) is 24.7 Å². The number of rotatable bonds is 6. The summed E-state index contributed by atoms with van der Waals surface area (Å²) in [7, 11) is 1.59. The van der Waals surface area contributed by atoms with Crippen molar-refractivity contribution in [2.45, 2.75) is 6.42 Å². The molecule has 0 unspecified atom stereocenters. The highest BCUT2D eigenvalue weighted by Crippen LogP contribution is 2.20. The maximum absolute atomic E-state index is 11.9. The largest absolute Gasteiger partial charge is 0.497 e. The zero-order valence-electron chi connectivity index (χ0n) is 11.7. The Balaban J connectivity index is 1.81. The lowest BCUT2D eigenvalue weighted by atomic mass is 10.2. The number of carbonyl (C=O) groups excluding carboxylic acids is 1. The topological polar surface area (TPSA) is 50.4 Å². The number of nitrogens with one attached hydrogen (secondary N) is 2. The molecule has 2 aromatic carbocycles. The van der Waals surface area contributed by atoms with Crippen LogP contribution >= 0.6 is 11.6 Å². The van der Waals surface area contributed by atoms with Crippen molar-refractivity contribution >= 4 is 28.9 Å². The molecule has 0 saturated carbocycles. The van der Waals surface area contributed by atoms with Crippen LogP contribution in [-0.4, -0.2) is 19.6 Å². The zero-order chi connectivity index (χ0) is 15.1. The quantitative estimate of drug-likeness (QED) is 0.853. The molecule has 0 radical (unpaired) electrons. The van der Waals surface area contributed by atoms with Crippen molar-refractivity contribution in [3.8, 4) is 5.75 Å². The Kier molecular flexibility index (Phi) is 5.46. The van der Waals surface area contributed by atoms with Gasteiger partial charge >= 0.3 is 0 Å². The van der Waals surface area contributed by atoms with E-state index in [-0.39, 0.29) is 5.91 Å². The Morgan fingerprint density at radius 3 is 2.76 bits per heavy atom. The molecular weight excluding hydrogens is 288 g/mol. The van der Waals surface area contributed by atoms with Crippen LogP contribution in [0.1, 0.15) is 6.42 Å². The first kappa shape index (κ1) is 15.2. The van der Waals surface area contributed by atoms with Crippen molar-refractivity contribution in [3.63, 3.8) is 0 Å². The van der Waals surface area contributed by atoms with Crippen LogP contribution in [-0.2, 0) is 4.79 Å². The Morgan fingerprint density at radius 1 is 1.19 bits per heavy atom. The second-order valence-corrected chi connectivity index (χ2v) is 4.84. The zero-order valence-corrected chi connectivity index (χ0v) is 12.5. The monoisotopic (exact) mass is 304 g/mol. The number of amides is 1. The SMILES string of the molecule is COc1cccc(NC(=O)CCNc2ccccc2Cl)c1. The molecule has 0 fully saturated rings. The summed E-state index contributed by atoms with van der Waals surface area (Å²) >= 11 is 6.03. The van der Waals surface area contributed by atoms with Crippen LogP contribution in [0.5, 0.6) is 5.75 Å². The molecule has 0 bridgehead atoms. The normalized spacial score (nSPS) is 10.0. The fourth-order valence-electron chi connectivity index (χ4n) is 1.84. The van der Waals surface area contributed by atoms with Crippen LogP contribution in [0, 0.1) is 0 Å². The van der Waals surface area contributed by atoms with Gasteiger partial charge in [-0.05, 0) is 24.3 Å². The molecule has 2 aromatic rings. The molecular formula is C16H17ClN2O2. The minimum Gasteiger partial charge on any atom is -0.497 e. The molecule has 0 aliphatic carbocycles. The van der Waals surface area contributed by atoms with Crippen LogP contribution < -0.4 is 15.4 Å². The van der Waals surface area contributed by atoms with Gasteiger partial charge in [-0.1, -0.05) is 29.8 Å². The van der Waals surface area contributed by atoms with Gasteiger partial charge in [-0.3, -0.25) is 4.79 Å². The lowest BCUT2D eigenvalue weighted by molar-refractivity contribution is -0.115. The first-order valence-electron chi connectivity index (χ1n) is 6.61. The van der Waals surface area contributed by atoms with E-state index in [0.717, 1.165) is 11.4 Å². The summed E-state index contributed by atoms with van der Waals surface area (Å²) in [5.74, 6) is 0.643. The van der Waals surface area contributed by atoms with Gasteiger partial charge in [0.25, 0.3) is 0 Å². The van der Waals surface area contributed by atoms with Crippen LogP contribution in [0.3, 0.4) is 0 Å². The summed E-state index contributed by atoms with van der Waals surface area (Å²) in [6.45, 7) is 0.513. The molecule has 0 aliphatic heterocycles. The van der Waals surface area contributed by atoms with Gasteiger partial charge in [-0.2, -0.15) is 0 Å². The fourth-order valence-corrected chi connectivity index (χ4v) is 2.04. The molecule has 0 aliphatic rings. The van der Waals surface area contributed by atoms with Crippen LogP contribution in [0.25, 0.3) is 0 Å². The molecule has 0 aromatic heterocycles. The minimum atomic E-state index is -0.0668. The van der Waals surface area contributed by atoms with Crippen molar-refractivity contribution in [1.29, 1.82) is 0 Å². The number of hydrogen-bond acceptors (Lipinski definition) is 3. The minimum absolute atomic E-state index is 0.0668. The summed E-state index contributed by atoms with van der Waals surface area (Å²) in [5.41, 5.74) is 1.55. The number of carbonyl (C=O) groups is 1. The standard InChI is InChI=1S/C16H17ClN2O2/c1-21-13-6-4-5-12(11-13)19-16(20)9-10-18-15-8-3-2-7-14(15)17/h2-8,11,18H,9-10H2,1H3,(H,19,20). The first-order valence-corrected chi connectivity index (χ1v) is 6.99. The van der Waals surface area contributed by atoms with E-state index in [4.69, 9.17) is 16.3 Å². The number of ether oxygens (including phenoxy) is 1. The predicted octanol–water partition coefficient (Wildman–Crippen LogP) is 3.79. The second-order valence-electron chi connectivity index (χ2n) is 4.44. The third-order valence-electron chi connectivity index (χ3n) is 2.89. The molecule has 110 valence electrons. The van der Waals surface area contributed by atoms with Crippen molar-refractivity contribution in [2.24, 2.45) is 0 Å². The third-order valence-corrected chi connectivity index (χ3v) is 3.22. The molecule has 0 saturated heterocycles. The maximum atomic E-state index is 11.9. The van der Waals surface area contributed by atoms with Gasteiger partial charge in [-0.15, -0.1) is 0 Å². The molecule has 5 heteroatoms. The molecule has 2 rings (SSSR count). The van der Waals surface area contributed by atoms with Crippen LogP contribution in [0.15, 0.2) is 48.5 Å². The molecule has 0 heterocycles. The lowest BCUT2D eigenvalue weighted by Crippen LogP contribution is -2.16. The Labute approximate surface area is 129 Å². The van der Waals surface area contributed by atoms with Gasteiger partial charge in [0.15, 0.2) is 0 Å². The van der Waals surface area contributed by atoms with Gasteiger partial charge < -0.3 is 15.4 Å². The third kappa shape index (κ3) is 4.68. The first-order chi connectivity index (χ1) is 10.2. The molecule has 0 spiro atoms. The summed E-state index contributed by atoms with van der Waals surface area (Å²) in [5, 5.41) is 6.60. The number of halogens is 1. The average molecular weight is 305 g/mol. The van der Waals surface area contributed by atoms with Gasteiger partial charge in [0.05, 0.1) is 17.8 Å². The van der Waals surface area contributed by atoms with Crippen LogP contribution in [0.4, 0.5) is 11.4 Å². The maximum Gasteiger partial charge on any atom is 0.226 e. The highest BCUT2D eigenvalue weighted by Gasteiger charge is 2.04. The number of anilines is 2. The highest BCUT2D eigenvalue weighted by molar-refractivity contribution is 6.33. The molecule has 2 N–H and O–H groups in total. The van der Waals surface area contributed by atoms with Crippen molar-refractivity contribution in [2.75, 3.05) is 24.3 Å². The lowest BCUT2D eigenvalue weighted by Gasteiger charge is -2.09. The summed E-state index contributed by atoms with van der Waals surface area (Å²) in [4.78, 5) is 11.9. The number of para-hydroxylation sites is 1.